The quantitative estimate of drug-likeness (QED) is 0.650. The molecule has 0 spiro atoms. The SMILES string of the molecule is OC(C1CCC1)C1CCCNC1. The Morgan fingerprint density at radius 2 is 1.83 bits per heavy atom. The summed E-state index contributed by atoms with van der Waals surface area (Å²) in [5.74, 6) is 1.18. The van der Waals surface area contributed by atoms with Crippen LogP contribution in [0.1, 0.15) is 32.1 Å². The maximum absolute atomic E-state index is 9.95. The molecule has 2 aliphatic rings. The van der Waals surface area contributed by atoms with Crippen molar-refractivity contribution in [2.24, 2.45) is 11.8 Å². The van der Waals surface area contributed by atoms with Crippen molar-refractivity contribution in [1.29, 1.82) is 0 Å². The zero-order valence-corrected chi connectivity index (χ0v) is 7.63. The number of hydrogen-bond donors (Lipinski definition) is 2. The zero-order chi connectivity index (χ0) is 8.39. The molecule has 12 heavy (non-hydrogen) atoms. The fourth-order valence-corrected chi connectivity index (χ4v) is 2.34. The minimum absolute atomic E-state index is 0.00782. The van der Waals surface area contributed by atoms with Gasteiger partial charge in [-0.05, 0) is 44.1 Å². The molecule has 2 nitrogen and oxygen atoms in total. The molecule has 0 aromatic rings. The molecule has 2 N–H and O–H groups in total. The maximum atomic E-state index is 9.95. The van der Waals surface area contributed by atoms with Crippen molar-refractivity contribution in [3.05, 3.63) is 0 Å². The van der Waals surface area contributed by atoms with Crippen LogP contribution < -0.4 is 5.32 Å². The van der Waals surface area contributed by atoms with Crippen molar-refractivity contribution in [3.63, 3.8) is 0 Å². The first kappa shape index (κ1) is 8.52. The third kappa shape index (κ3) is 1.64. The third-order valence-electron chi connectivity index (χ3n) is 3.45. The highest BCUT2D eigenvalue weighted by atomic mass is 16.3. The molecule has 1 aliphatic heterocycles. The van der Waals surface area contributed by atoms with Gasteiger partial charge in [0.2, 0.25) is 0 Å². The highest BCUT2D eigenvalue weighted by molar-refractivity contribution is 4.84. The molecule has 1 aliphatic carbocycles. The molecule has 0 radical (unpaired) electrons. The second kappa shape index (κ2) is 3.75. The van der Waals surface area contributed by atoms with E-state index in [1.54, 1.807) is 0 Å². The molecular formula is C10H19NO. The Labute approximate surface area is 74.4 Å². The van der Waals surface area contributed by atoms with E-state index in [2.05, 4.69) is 5.32 Å². The van der Waals surface area contributed by atoms with Crippen molar-refractivity contribution in [3.8, 4) is 0 Å². The van der Waals surface area contributed by atoms with E-state index >= 15 is 0 Å². The van der Waals surface area contributed by atoms with Crippen LogP contribution in [0.5, 0.6) is 0 Å². The van der Waals surface area contributed by atoms with E-state index in [-0.39, 0.29) is 6.10 Å². The summed E-state index contributed by atoms with van der Waals surface area (Å²) >= 11 is 0. The molecule has 2 atom stereocenters. The van der Waals surface area contributed by atoms with Crippen molar-refractivity contribution < 1.29 is 5.11 Å². The van der Waals surface area contributed by atoms with Crippen LogP contribution in [0.4, 0.5) is 0 Å². The number of hydrogen-bond acceptors (Lipinski definition) is 2. The van der Waals surface area contributed by atoms with E-state index < -0.39 is 0 Å². The second-order valence-corrected chi connectivity index (χ2v) is 4.29. The molecule has 1 saturated heterocycles. The third-order valence-corrected chi connectivity index (χ3v) is 3.45. The average molecular weight is 169 g/mol. The lowest BCUT2D eigenvalue weighted by molar-refractivity contribution is 0.00662. The highest BCUT2D eigenvalue weighted by Crippen LogP contribution is 2.34. The molecule has 0 aromatic carbocycles. The van der Waals surface area contributed by atoms with Crippen LogP contribution in [0.2, 0.25) is 0 Å². The van der Waals surface area contributed by atoms with Crippen LogP contribution in [0.25, 0.3) is 0 Å². The van der Waals surface area contributed by atoms with Crippen LogP contribution in [-0.2, 0) is 0 Å². The van der Waals surface area contributed by atoms with Gasteiger partial charge in [0.1, 0.15) is 0 Å². The number of aliphatic hydroxyl groups excluding tert-OH is 1. The summed E-state index contributed by atoms with van der Waals surface area (Å²) in [6.45, 7) is 2.19. The van der Waals surface area contributed by atoms with E-state index in [1.165, 1.54) is 32.1 Å². The van der Waals surface area contributed by atoms with Gasteiger partial charge >= 0.3 is 0 Å². The number of nitrogens with one attached hydrogen (secondary N) is 1. The van der Waals surface area contributed by atoms with Gasteiger partial charge in [0.05, 0.1) is 6.10 Å². The molecule has 0 aromatic heterocycles. The predicted octanol–water partition coefficient (Wildman–Crippen LogP) is 1.15. The number of aliphatic hydroxyl groups is 1. The molecule has 2 unspecified atom stereocenters. The fourth-order valence-electron chi connectivity index (χ4n) is 2.34. The first-order valence-corrected chi connectivity index (χ1v) is 5.26. The summed E-state index contributed by atoms with van der Waals surface area (Å²) in [5.41, 5.74) is 0. The first-order valence-electron chi connectivity index (χ1n) is 5.26. The van der Waals surface area contributed by atoms with Gasteiger partial charge in [0.15, 0.2) is 0 Å². The van der Waals surface area contributed by atoms with Crippen molar-refractivity contribution in [2.75, 3.05) is 13.1 Å². The Balaban J connectivity index is 1.80. The van der Waals surface area contributed by atoms with Gasteiger partial charge < -0.3 is 10.4 Å². The highest BCUT2D eigenvalue weighted by Gasteiger charge is 2.32. The van der Waals surface area contributed by atoms with E-state index in [0.29, 0.717) is 11.8 Å². The monoisotopic (exact) mass is 169 g/mol. The van der Waals surface area contributed by atoms with Crippen LogP contribution >= 0.6 is 0 Å². The largest absolute Gasteiger partial charge is 0.393 e. The Morgan fingerprint density at radius 3 is 2.33 bits per heavy atom. The summed E-state index contributed by atoms with van der Waals surface area (Å²) in [6, 6.07) is 0. The molecule has 0 amide bonds. The van der Waals surface area contributed by atoms with Crippen LogP contribution in [0.15, 0.2) is 0 Å². The lowest BCUT2D eigenvalue weighted by Gasteiger charge is -2.37. The standard InChI is InChI=1S/C10H19NO/c12-10(8-3-1-4-8)9-5-2-6-11-7-9/h8-12H,1-7H2. The Bertz CT molecular complexity index is 139. The van der Waals surface area contributed by atoms with Crippen molar-refractivity contribution in [1.82, 2.24) is 5.32 Å². The molecule has 2 heteroatoms. The van der Waals surface area contributed by atoms with Crippen LogP contribution in [0.3, 0.4) is 0 Å². The van der Waals surface area contributed by atoms with Gasteiger partial charge in [-0.3, -0.25) is 0 Å². The zero-order valence-electron chi connectivity index (χ0n) is 7.63. The van der Waals surface area contributed by atoms with E-state index in [1.807, 2.05) is 0 Å². The van der Waals surface area contributed by atoms with Crippen LogP contribution in [-0.4, -0.2) is 24.3 Å². The van der Waals surface area contributed by atoms with E-state index in [0.717, 1.165) is 13.1 Å². The Hall–Kier alpha value is -0.0800. The molecule has 2 rings (SSSR count). The lowest BCUT2D eigenvalue weighted by atomic mass is 9.75. The minimum atomic E-state index is -0.00782. The topological polar surface area (TPSA) is 32.3 Å². The van der Waals surface area contributed by atoms with Gasteiger partial charge in [-0.1, -0.05) is 6.42 Å². The molecule has 1 heterocycles. The van der Waals surface area contributed by atoms with E-state index in [4.69, 9.17) is 0 Å². The van der Waals surface area contributed by atoms with Crippen LogP contribution in [0, 0.1) is 11.8 Å². The van der Waals surface area contributed by atoms with Gasteiger partial charge in [-0.2, -0.15) is 0 Å². The van der Waals surface area contributed by atoms with Gasteiger partial charge in [0, 0.05) is 6.54 Å². The van der Waals surface area contributed by atoms with Gasteiger partial charge in [-0.25, -0.2) is 0 Å². The maximum Gasteiger partial charge on any atom is 0.0608 e. The summed E-state index contributed by atoms with van der Waals surface area (Å²) < 4.78 is 0. The second-order valence-electron chi connectivity index (χ2n) is 4.29. The summed E-state index contributed by atoms with van der Waals surface area (Å²) in [4.78, 5) is 0. The molecule has 0 bridgehead atoms. The summed E-state index contributed by atoms with van der Waals surface area (Å²) in [6.07, 6.45) is 6.32. The smallest absolute Gasteiger partial charge is 0.0608 e. The minimum Gasteiger partial charge on any atom is -0.393 e. The summed E-state index contributed by atoms with van der Waals surface area (Å²) in [7, 11) is 0. The van der Waals surface area contributed by atoms with E-state index in [9.17, 15) is 5.11 Å². The molecule has 2 fully saturated rings. The first-order chi connectivity index (χ1) is 5.88. The molecule has 70 valence electrons. The predicted molar refractivity (Wildman–Crippen MR) is 48.9 cm³/mol. The average Bonchev–Trinajstić information content (AvgIpc) is 2.03. The van der Waals surface area contributed by atoms with Gasteiger partial charge in [-0.15, -0.1) is 0 Å². The molecule has 1 saturated carbocycles. The Morgan fingerprint density at radius 1 is 1.08 bits per heavy atom. The summed E-state index contributed by atoms with van der Waals surface area (Å²) in [5, 5.41) is 13.3. The number of piperidine rings is 1. The number of rotatable bonds is 2. The van der Waals surface area contributed by atoms with Crippen molar-refractivity contribution >= 4 is 0 Å². The Kier molecular flexibility index (Phi) is 2.66. The molecular weight excluding hydrogens is 150 g/mol. The fraction of sp³-hybridized carbons (Fsp3) is 1.00. The normalized spacial score (nSPS) is 34.2. The van der Waals surface area contributed by atoms with Crippen molar-refractivity contribution in [2.45, 2.75) is 38.2 Å². The van der Waals surface area contributed by atoms with Gasteiger partial charge in [0.25, 0.3) is 0 Å². The lowest BCUT2D eigenvalue weighted by Crippen LogP contribution is -2.41.